The minimum Gasteiger partial charge on any atom is -0.317 e. The number of carbonyl (C=O) groups excluding carboxylic acids is 1. The molecule has 5 nitrogen and oxygen atoms in total. The van der Waals surface area contributed by atoms with Gasteiger partial charge in [-0.2, -0.15) is 0 Å². The smallest absolute Gasteiger partial charge is 0.264 e. The molecule has 1 aromatic heterocycles. The van der Waals surface area contributed by atoms with E-state index < -0.39 is 15.9 Å². The molecule has 0 aliphatic heterocycles. The number of carbonyl (C=O) groups is 1. The molecule has 6 heteroatoms. The normalized spacial score (nSPS) is 11.5. The van der Waals surface area contributed by atoms with Crippen molar-refractivity contribution in [2.45, 2.75) is 0 Å². The first-order chi connectivity index (χ1) is 10.4. The number of rotatable bonds is 3. The van der Waals surface area contributed by atoms with E-state index in [0.29, 0.717) is 5.56 Å². The summed E-state index contributed by atoms with van der Waals surface area (Å²) < 4.78 is 26.2. The third-order valence-corrected chi connectivity index (χ3v) is 3.82. The lowest BCUT2D eigenvalue weighted by molar-refractivity contribution is 0.0982. The number of fused-ring (bicyclic) bond motifs is 1. The van der Waals surface area contributed by atoms with Crippen molar-refractivity contribution in [1.82, 2.24) is 9.29 Å². The molecule has 0 bridgehead atoms. The summed E-state index contributed by atoms with van der Waals surface area (Å²) in [6.07, 6.45) is 2.87. The fourth-order valence-electron chi connectivity index (χ4n) is 2.32. The van der Waals surface area contributed by atoms with E-state index in [4.69, 9.17) is 0 Å². The minimum absolute atomic E-state index is 0.309. The first-order valence-corrected chi connectivity index (χ1v) is 8.52. The molecule has 0 saturated carbocycles. The Balaban J connectivity index is 2.01. The standard InChI is InChI=1S/C16H14N2O3S/c1-22(20,21)17-16(19)13-7-8-15-12(11-13)9-10-18(15)14-5-3-2-4-6-14/h2-11H,1H3,(H,17,19). The van der Waals surface area contributed by atoms with Crippen molar-refractivity contribution in [3.8, 4) is 5.69 Å². The Kier molecular flexibility index (Phi) is 3.46. The number of hydrogen-bond acceptors (Lipinski definition) is 3. The van der Waals surface area contributed by atoms with Crippen molar-refractivity contribution >= 4 is 26.8 Å². The molecular weight excluding hydrogens is 300 g/mol. The molecule has 1 N–H and O–H groups in total. The second-order valence-electron chi connectivity index (χ2n) is 5.00. The lowest BCUT2D eigenvalue weighted by Gasteiger charge is -2.06. The largest absolute Gasteiger partial charge is 0.317 e. The van der Waals surface area contributed by atoms with Crippen LogP contribution in [0, 0.1) is 0 Å². The molecule has 0 saturated heterocycles. The number of benzene rings is 2. The third kappa shape index (κ3) is 2.87. The highest BCUT2D eigenvalue weighted by molar-refractivity contribution is 7.89. The molecule has 0 unspecified atom stereocenters. The van der Waals surface area contributed by atoms with Gasteiger partial charge in [-0.25, -0.2) is 13.1 Å². The van der Waals surface area contributed by atoms with Crippen LogP contribution in [0.3, 0.4) is 0 Å². The fraction of sp³-hybridized carbons (Fsp3) is 0.0625. The average Bonchev–Trinajstić information content (AvgIpc) is 2.89. The summed E-state index contributed by atoms with van der Waals surface area (Å²) in [5.41, 5.74) is 2.27. The molecular formula is C16H14N2O3S. The van der Waals surface area contributed by atoms with Gasteiger partial charge >= 0.3 is 0 Å². The highest BCUT2D eigenvalue weighted by Crippen LogP contribution is 2.21. The zero-order valence-electron chi connectivity index (χ0n) is 11.9. The van der Waals surface area contributed by atoms with Gasteiger partial charge in [0.25, 0.3) is 5.91 Å². The summed E-state index contributed by atoms with van der Waals surface area (Å²) in [5, 5.41) is 0.866. The zero-order valence-corrected chi connectivity index (χ0v) is 12.7. The number of sulfonamides is 1. The minimum atomic E-state index is -3.57. The van der Waals surface area contributed by atoms with Crippen LogP contribution in [0.2, 0.25) is 0 Å². The molecule has 1 heterocycles. The first-order valence-electron chi connectivity index (χ1n) is 6.63. The highest BCUT2D eigenvalue weighted by atomic mass is 32.2. The molecule has 22 heavy (non-hydrogen) atoms. The van der Waals surface area contributed by atoms with Gasteiger partial charge in [-0.05, 0) is 36.4 Å². The molecule has 0 spiro atoms. The van der Waals surface area contributed by atoms with Gasteiger partial charge in [0, 0.05) is 22.8 Å². The Bertz CT molecular complexity index is 944. The number of amides is 1. The summed E-state index contributed by atoms with van der Waals surface area (Å²) >= 11 is 0. The van der Waals surface area contributed by atoms with Crippen molar-refractivity contribution in [3.05, 3.63) is 66.4 Å². The summed E-state index contributed by atoms with van der Waals surface area (Å²) in [6.45, 7) is 0. The van der Waals surface area contributed by atoms with Gasteiger partial charge in [0.05, 0.1) is 11.8 Å². The van der Waals surface area contributed by atoms with E-state index in [1.807, 2.05) is 51.9 Å². The predicted molar refractivity (Wildman–Crippen MR) is 85.6 cm³/mol. The molecule has 112 valence electrons. The quantitative estimate of drug-likeness (QED) is 0.806. The SMILES string of the molecule is CS(=O)(=O)NC(=O)c1ccc2c(ccn2-c2ccccc2)c1. The molecule has 0 fully saturated rings. The predicted octanol–water partition coefficient (Wildman–Crippen LogP) is 2.32. The van der Waals surface area contributed by atoms with E-state index in [1.54, 1.807) is 18.2 Å². The molecule has 3 aromatic rings. The van der Waals surface area contributed by atoms with Crippen LogP contribution < -0.4 is 4.72 Å². The van der Waals surface area contributed by atoms with Crippen molar-refractivity contribution in [1.29, 1.82) is 0 Å². The maximum atomic E-state index is 11.9. The summed E-state index contributed by atoms with van der Waals surface area (Å²) in [4.78, 5) is 11.9. The number of nitrogens with one attached hydrogen (secondary N) is 1. The van der Waals surface area contributed by atoms with E-state index in [2.05, 4.69) is 0 Å². The molecule has 0 radical (unpaired) electrons. The van der Waals surface area contributed by atoms with Crippen LogP contribution in [0.5, 0.6) is 0 Å². The Labute approximate surface area is 128 Å². The molecule has 1 amide bonds. The second-order valence-corrected chi connectivity index (χ2v) is 6.75. The van der Waals surface area contributed by atoms with Crippen LogP contribution >= 0.6 is 0 Å². The van der Waals surface area contributed by atoms with Gasteiger partial charge in [-0.1, -0.05) is 18.2 Å². The lowest BCUT2D eigenvalue weighted by Crippen LogP contribution is -2.29. The van der Waals surface area contributed by atoms with Gasteiger partial charge in [0.2, 0.25) is 10.0 Å². The van der Waals surface area contributed by atoms with E-state index in [1.165, 1.54) is 0 Å². The van der Waals surface area contributed by atoms with E-state index in [-0.39, 0.29) is 0 Å². The average molecular weight is 314 g/mol. The molecule has 0 aliphatic carbocycles. The van der Waals surface area contributed by atoms with Crippen LogP contribution in [-0.4, -0.2) is 25.1 Å². The highest BCUT2D eigenvalue weighted by Gasteiger charge is 2.12. The number of para-hydroxylation sites is 1. The zero-order chi connectivity index (χ0) is 15.7. The second kappa shape index (κ2) is 5.31. The van der Waals surface area contributed by atoms with Gasteiger partial charge in [-0.3, -0.25) is 4.79 Å². The van der Waals surface area contributed by atoms with Gasteiger partial charge in [0.1, 0.15) is 0 Å². The number of nitrogens with zero attached hydrogens (tertiary/aromatic N) is 1. The van der Waals surface area contributed by atoms with Gasteiger partial charge in [-0.15, -0.1) is 0 Å². The third-order valence-electron chi connectivity index (χ3n) is 3.26. The molecule has 3 rings (SSSR count). The van der Waals surface area contributed by atoms with Crippen LogP contribution in [0.25, 0.3) is 16.6 Å². The number of hydrogen-bond donors (Lipinski definition) is 1. The summed E-state index contributed by atoms with van der Waals surface area (Å²) in [7, 11) is -3.57. The number of aromatic nitrogens is 1. The van der Waals surface area contributed by atoms with Crippen molar-refractivity contribution in [2.24, 2.45) is 0 Å². The van der Waals surface area contributed by atoms with Gasteiger partial charge < -0.3 is 4.57 Å². The van der Waals surface area contributed by atoms with Crippen LogP contribution in [0.4, 0.5) is 0 Å². The molecule has 2 aromatic carbocycles. The topological polar surface area (TPSA) is 68.2 Å². The maximum Gasteiger partial charge on any atom is 0.264 e. The van der Waals surface area contributed by atoms with E-state index in [9.17, 15) is 13.2 Å². The van der Waals surface area contributed by atoms with Gasteiger partial charge in [0.15, 0.2) is 0 Å². The summed E-state index contributed by atoms with van der Waals surface area (Å²) in [5.74, 6) is -0.628. The lowest BCUT2D eigenvalue weighted by atomic mass is 10.1. The monoisotopic (exact) mass is 314 g/mol. The van der Waals surface area contributed by atoms with Crippen LogP contribution in [-0.2, 0) is 10.0 Å². The molecule has 0 atom stereocenters. The Hall–Kier alpha value is -2.60. The summed E-state index contributed by atoms with van der Waals surface area (Å²) in [6, 6.07) is 16.8. The van der Waals surface area contributed by atoms with Crippen molar-refractivity contribution in [2.75, 3.05) is 6.26 Å². The van der Waals surface area contributed by atoms with Crippen LogP contribution in [0.1, 0.15) is 10.4 Å². The fourth-order valence-corrected chi connectivity index (χ4v) is 2.78. The van der Waals surface area contributed by atoms with E-state index in [0.717, 1.165) is 22.8 Å². The first kappa shape index (κ1) is 14.3. The van der Waals surface area contributed by atoms with Crippen molar-refractivity contribution in [3.63, 3.8) is 0 Å². The maximum absolute atomic E-state index is 11.9. The molecule has 0 aliphatic rings. The Morgan fingerprint density at radius 3 is 2.45 bits per heavy atom. The van der Waals surface area contributed by atoms with Crippen molar-refractivity contribution < 1.29 is 13.2 Å². The van der Waals surface area contributed by atoms with Crippen LogP contribution in [0.15, 0.2) is 60.8 Å². The Morgan fingerprint density at radius 2 is 1.77 bits per heavy atom. The Morgan fingerprint density at radius 1 is 1.05 bits per heavy atom. The van der Waals surface area contributed by atoms with E-state index >= 15 is 0 Å².